The average molecular weight is 348 g/mol. The van der Waals surface area contributed by atoms with Gasteiger partial charge >= 0.3 is 0 Å². The molecule has 0 radical (unpaired) electrons. The molecule has 0 saturated carbocycles. The molecule has 0 atom stereocenters. The summed E-state index contributed by atoms with van der Waals surface area (Å²) in [6, 6.07) is 14.9. The van der Waals surface area contributed by atoms with Crippen molar-refractivity contribution < 1.29 is 26.6 Å². The first-order chi connectivity index (χ1) is 11.2. The summed E-state index contributed by atoms with van der Waals surface area (Å²) in [6.45, 7) is 2.10. The van der Waals surface area contributed by atoms with Gasteiger partial charge in [0, 0.05) is 19.2 Å². The molecule has 3 aromatic rings. The highest BCUT2D eigenvalue weighted by Crippen LogP contribution is 2.14. The van der Waals surface area contributed by atoms with Gasteiger partial charge in [0.25, 0.3) is 5.69 Å². The van der Waals surface area contributed by atoms with E-state index in [2.05, 4.69) is 27.6 Å². The molecule has 0 N–H and O–H groups in total. The zero-order chi connectivity index (χ0) is 16.2. The number of hydrogen-bond donors (Lipinski definition) is 0. The number of fused-ring (bicyclic) bond motifs is 1. The van der Waals surface area contributed by atoms with Crippen LogP contribution in [0.25, 0.3) is 11.0 Å². The van der Waals surface area contributed by atoms with Gasteiger partial charge in [-0.3, -0.25) is 10.1 Å². The van der Waals surface area contributed by atoms with Crippen LogP contribution in [0.15, 0.2) is 54.9 Å². The van der Waals surface area contributed by atoms with Crippen molar-refractivity contribution in [3.63, 3.8) is 0 Å². The molecule has 1 heterocycles. The molecule has 6 nitrogen and oxygen atoms in total. The van der Waals surface area contributed by atoms with Gasteiger partial charge in [-0.05, 0) is 29.8 Å². The fourth-order valence-electron chi connectivity index (χ4n) is 2.66. The summed E-state index contributed by atoms with van der Waals surface area (Å²) < 4.78 is 9.47. The Labute approximate surface area is 145 Å². The number of hydrogen-bond acceptors (Lipinski definition) is 3. The van der Waals surface area contributed by atoms with Crippen LogP contribution in [-0.2, 0) is 17.8 Å². The summed E-state index contributed by atoms with van der Waals surface area (Å²) in [5, 5.41) is 10.7. The van der Waals surface area contributed by atoms with E-state index in [1.54, 1.807) is 31.4 Å². The SMILES string of the molecule is COCCn1c[n+](Cc2ccc([N+](=O)[O-])cc2)c2ccccc21.[Cl-]. The number of methoxy groups -OCH3 is 1. The van der Waals surface area contributed by atoms with E-state index in [-0.39, 0.29) is 23.0 Å². The molecular formula is C17H18ClN3O3. The zero-order valence-electron chi connectivity index (χ0n) is 13.3. The molecule has 0 saturated heterocycles. The second-order valence-electron chi connectivity index (χ2n) is 5.34. The van der Waals surface area contributed by atoms with Gasteiger partial charge in [0.05, 0.1) is 11.5 Å². The number of nitro groups is 1. The fraction of sp³-hybridized carbons (Fsp3) is 0.235. The Hall–Kier alpha value is -2.44. The second kappa shape index (κ2) is 7.90. The van der Waals surface area contributed by atoms with Crippen LogP contribution in [0.1, 0.15) is 5.56 Å². The first-order valence-corrected chi connectivity index (χ1v) is 7.38. The molecule has 0 bridgehead atoms. The van der Waals surface area contributed by atoms with Crippen molar-refractivity contribution in [1.29, 1.82) is 0 Å². The highest BCUT2D eigenvalue weighted by Gasteiger charge is 2.15. The molecule has 0 spiro atoms. The molecule has 7 heteroatoms. The van der Waals surface area contributed by atoms with Crippen LogP contribution in [0.5, 0.6) is 0 Å². The predicted molar refractivity (Wildman–Crippen MR) is 86.2 cm³/mol. The van der Waals surface area contributed by atoms with Crippen molar-refractivity contribution in [1.82, 2.24) is 4.57 Å². The van der Waals surface area contributed by atoms with Gasteiger partial charge in [0.1, 0.15) is 13.1 Å². The maximum Gasteiger partial charge on any atom is 0.269 e. The number of imidazole rings is 1. The normalized spacial score (nSPS) is 10.5. The average Bonchev–Trinajstić information content (AvgIpc) is 2.91. The number of benzene rings is 2. The molecule has 126 valence electrons. The van der Waals surface area contributed by atoms with Crippen LogP contribution >= 0.6 is 0 Å². The Balaban J connectivity index is 0.00000208. The molecule has 0 amide bonds. The van der Waals surface area contributed by atoms with Crippen molar-refractivity contribution in [2.45, 2.75) is 13.1 Å². The van der Waals surface area contributed by atoms with Gasteiger partial charge in [-0.15, -0.1) is 0 Å². The monoisotopic (exact) mass is 347 g/mol. The molecule has 0 unspecified atom stereocenters. The topological polar surface area (TPSA) is 61.2 Å². The Kier molecular flexibility index (Phi) is 5.89. The molecule has 0 fully saturated rings. The van der Waals surface area contributed by atoms with Gasteiger partial charge in [0.15, 0.2) is 11.0 Å². The molecule has 0 aliphatic carbocycles. The van der Waals surface area contributed by atoms with Crippen molar-refractivity contribution in [2.24, 2.45) is 0 Å². The van der Waals surface area contributed by atoms with E-state index in [1.165, 1.54) is 0 Å². The fourth-order valence-corrected chi connectivity index (χ4v) is 2.66. The summed E-state index contributed by atoms with van der Waals surface area (Å²) in [4.78, 5) is 10.4. The van der Waals surface area contributed by atoms with E-state index in [9.17, 15) is 10.1 Å². The van der Waals surface area contributed by atoms with Crippen LogP contribution in [0.4, 0.5) is 5.69 Å². The number of halogens is 1. The lowest BCUT2D eigenvalue weighted by molar-refractivity contribution is -0.663. The van der Waals surface area contributed by atoms with Crippen LogP contribution in [0.3, 0.4) is 0 Å². The third-order valence-corrected chi connectivity index (χ3v) is 3.82. The Morgan fingerprint density at radius 1 is 1.17 bits per heavy atom. The highest BCUT2D eigenvalue weighted by atomic mass is 35.5. The Morgan fingerprint density at radius 2 is 1.88 bits per heavy atom. The number of nitrogens with zero attached hydrogens (tertiary/aromatic N) is 3. The highest BCUT2D eigenvalue weighted by molar-refractivity contribution is 5.71. The molecule has 24 heavy (non-hydrogen) atoms. The van der Waals surface area contributed by atoms with E-state index in [0.29, 0.717) is 13.2 Å². The van der Waals surface area contributed by atoms with Crippen LogP contribution in [0.2, 0.25) is 0 Å². The summed E-state index contributed by atoms with van der Waals surface area (Å²) in [7, 11) is 1.69. The number of non-ortho nitro benzene ring substituents is 1. The minimum atomic E-state index is -0.381. The molecule has 0 aliphatic heterocycles. The van der Waals surface area contributed by atoms with Crippen LogP contribution in [-0.4, -0.2) is 23.2 Å². The second-order valence-corrected chi connectivity index (χ2v) is 5.34. The lowest BCUT2D eigenvalue weighted by Gasteiger charge is -1.99. The van der Waals surface area contributed by atoms with Crippen LogP contribution in [0, 0.1) is 10.1 Å². The van der Waals surface area contributed by atoms with Crippen molar-refractivity contribution in [2.75, 3.05) is 13.7 Å². The van der Waals surface area contributed by atoms with E-state index in [1.807, 2.05) is 12.1 Å². The number of ether oxygens (including phenoxy) is 1. The van der Waals surface area contributed by atoms with Gasteiger partial charge in [-0.1, -0.05) is 12.1 Å². The third-order valence-electron chi connectivity index (χ3n) is 3.82. The first-order valence-electron chi connectivity index (χ1n) is 7.38. The summed E-state index contributed by atoms with van der Waals surface area (Å²) in [5.74, 6) is 0. The summed E-state index contributed by atoms with van der Waals surface area (Å²) >= 11 is 0. The van der Waals surface area contributed by atoms with Gasteiger partial charge in [-0.2, -0.15) is 0 Å². The standard InChI is InChI=1S/C17H18N3O3.ClH/c1-23-11-10-18-13-19(17-5-3-2-4-16(17)18)12-14-6-8-15(9-7-14)20(21)22;/h2-9,13H,10-12H2,1H3;1H/q+1;/p-1. The Bertz CT molecular complexity index is 831. The van der Waals surface area contributed by atoms with E-state index >= 15 is 0 Å². The van der Waals surface area contributed by atoms with E-state index in [0.717, 1.165) is 23.1 Å². The summed E-state index contributed by atoms with van der Waals surface area (Å²) in [5.41, 5.74) is 3.41. The molecule has 2 aromatic carbocycles. The molecule has 1 aromatic heterocycles. The number of nitro benzene ring substituents is 1. The van der Waals surface area contributed by atoms with Crippen LogP contribution < -0.4 is 17.0 Å². The molecular weight excluding hydrogens is 330 g/mol. The lowest BCUT2D eigenvalue weighted by Crippen LogP contribution is -3.00. The zero-order valence-corrected chi connectivity index (χ0v) is 14.0. The van der Waals surface area contributed by atoms with Crippen molar-refractivity contribution in [3.05, 3.63) is 70.5 Å². The molecule has 0 aliphatic rings. The minimum absolute atomic E-state index is 0. The van der Waals surface area contributed by atoms with Gasteiger partial charge in [-0.25, -0.2) is 9.13 Å². The smallest absolute Gasteiger partial charge is 0.269 e. The van der Waals surface area contributed by atoms with E-state index in [4.69, 9.17) is 4.74 Å². The molecule has 3 rings (SSSR count). The van der Waals surface area contributed by atoms with Gasteiger partial charge < -0.3 is 17.1 Å². The minimum Gasteiger partial charge on any atom is -1.00 e. The quantitative estimate of drug-likeness (QED) is 0.344. The maximum atomic E-state index is 10.7. The number of para-hydroxylation sites is 2. The summed E-state index contributed by atoms with van der Waals surface area (Å²) in [6.07, 6.45) is 2.06. The Morgan fingerprint density at radius 3 is 2.54 bits per heavy atom. The van der Waals surface area contributed by atoms with Crippen molar-refractivity contribution in [3.8, 4) is 0 Å². The predicted octanol–water partition coefficient (Wildman–Crippen LogP) is -0.464. The number of aromatic nitrogens is 2. The first kappa shape index (κ1) is 17.9. The largest absolute Gasteiger partial charge is 1.00 e. The van der Waals surface area contributed by atoms with E-state index < -0.39 is 0 Å². The maximum absolute atomic E-state index is 10.7. The van der Waals surface area contributed by atoms with Gasteiger partial charge in [0.2, 0.25) is 6.33 Å². The number of rotatable bonds is 6. The third kappa shape index (κ3) is 3.72. The lowest BCUT2D eigenvalue weighted by atomic mass is 10.2. The van der Waals surface area contributed by atoms with Crippen molar-refractivity contribution >= 4 is 16.7 Å².